The van der Waals surface area contributed by atoms with Crippen LogP contribution in [0.1, 0.15) is 79.8 Å². The first-order valence-electron chi connectivity index (χ1n) is 14.3. The van der Waals surface area contributed by atoms with E-state index in [0.29, 0.717) is 46.1 Å². The van der Waals surface area contributed by atoms with Gasteiger partial charge in [-0.25, -0.2) is 14.0 Å². The molecule has 3 aromatic rings. The Kier molecular flexibility index (Phi) is 11.9. The molecule has 0 bridgehead atoms. The molecule has 0 saturated carbocycles. The first kappa shape index (κ1) is 33.8. The van der Waals surface area contributed by atoms with Gasteiger partial charge in [0.05, 0.1) is 26.4 Å². The highest BCUT2D eigenvalue weighted by Crippen LogP contribution is 2.44. The molecule has 7 nitrogen and oxygen atoms in total. The fourth-order valence-electron chi connectivity index (χ4n) is 5.19. The monoisotopic (exact) mass is 612 g/mol. The summed E-state index contributed by atoms with van der Waals surface area (Å²) in [7, 11) is 2.90. The van der Waals surface area contributed by atoms with E-state index < -0.39 is 11.9 Å². The van der Waals surface area contributed by atoms with Gasteiger partial charge in [0.15, 0.2) is 11.5 Å². The number of carboxylic acid groups (broad SMARTS) is 1. The van der Waals surface area contributed by atoms with Gasteiger partial charge in [0.25, 0.3) is 0 Å². The van der Waals surface area contributed by atoms with Gasteiger partial charge in [-0.15, -0.1) is 11.8 Å². The second-order valence-electron chi connectivity index (χ2n) is 10.5. The van der Waals surface area contributed by atoms with Crippen LogP contribution in [0.3, 0.4) is 0 Å². The Morgan fingerprint density at radius 2 is 1.28 bits per heavy atom. The number of methoxy groups -OCH3 is 2. The molecule has 0 aromatic heterocycles. The molecule has 9 heteroatoms. The maximum atomic E-state index is 13.6. The summed E-state index contributed by atoms with van der Waals surface area (Å²) in [6.07, 6.45) is 4.06. The normalized spacial score (nSPS) is 10.9. The average molecular weight is 613 g/mol. The number of benzene rings is 3. The molecule has 3 aromatic carbocycles. The van der Waals surface area contributed by atoms with Gasteiger partial charge in [-0.1, -0.05) is 12.8 Å². The van der Waals surface area contributed by atoms with Crippen LogP contribution in [0, 0.1) is 47.4 Å². The molecule has 0 aliphatic carbocycles. The molecular weight excluding hydrogens is 571 g/mol. The lowest BCUT2D eigenvalue weighted by Gasteiger charge is -2.22. The van der Waals surface area contributed by atoms with Gasteiger partial charge in [-0.3, -0.25) is 0 Å². The lowest BCUT2D eigenvalue weighted by atomic mass is 9.92. The summed E-state index contributed by atoms with van der Waals surface area (Å²) in [5.41, 5.74) is 3.92. The first-order chi connectivity index (χ1) is 20.4. The second-order valence-corrected chi connectivity index (χ2v) is 11.7. The van der Waals surface area contributed by atoms with Gasteiger partial charge in [0.1, 0.15) is 22.9 Å². The van der Waals surface area contributed by atoms with Crippen molar-refractivity contribution in [1.82, 2.24) is 0 Å². The number of aromatic carboxylic acids is 1. The lowest BCUT2D eigenvalue weighted by molar-refractivity contribution is 0.0685. The summed E-state index contributed by atoms with van der Waals surface area (Å²) < 4.78 is 36.3. The molecule has 0 unspecified atom stereocenters. The molecule has 0 saturated heterocycles. The van der Waals surface area contributed by atoms with E-state index in [4.69, 9.17) is 18.9 Å². The summed E-state index contributed by atoms with van der Waals surface area (Å²) in [5, 5.41) is 9.72. The number of esters is 1. The molecule has 0 aliphatic rings. The number of thioether (sulfide) groups is 1. The minimum absolute atomic E-state index is 0.0277. The van der Waals surface area contributed by atoms with Crippen molar-refractivity contribution in [2.24, 2.45) is 0 Å². The van der Waals surface area contributed by atoms with Crippen molar-refractivity contribution in [2.75, 3.05) is 26.6 Å². The van der Waals surface area contributed by atoms with Gasteiger partial charge in [0, 0.05) is 21.6 Å². The highest BCUT2D eigenvalue weighted by atomic mass is 32.2. The van der Waals surface area contributed by atoms with Crippen LogP contribution in [0.5, 0.6) is 23.0 Å². The average Bonchev–Trinajstić information content (AvgIpc) is 2.97. The zero-order valence-electron chi connectivity index (χ0n) is 26.2. The first-order valence-corrected chi connectivity index (χ1v) is 15.2. The smallest absolute Gasteiger partial charge is 0.344 e. The molecule has 0 heterocycles. The van der Waals surface area contributed by atoms with Crippen LogP contribution in [0.4, 0.5) is 4.39 Å². The second kappa shape index (κ2) is 15.1. The molecule has 43 heavy (non-hydrogen) atoms. The number of carboxylic acids is 1. The minimum Gasteiger partial charge on any atom is -0.496 e. The summed E-state index contributed by atoms with van der Waals surface area (Å²) >= 11 is 1.73. The highest BCUT2D eigenvalue weighted by Gasteiger charge is 2.29. The zero-order valence-corrected chi connectivity index (χ0v) is 27.1. The fraction of sp³-hybridized carbons (Fsp3) is 0.412. The molecule has 0 atom stereocenters. The molecular formula is C34H41FO7S. The highest BCUT2D eigenvalue weighted by molar-refractivity contribution is 7.99. The van der Waals surface area contributed by atoms with Crippen LogP contribution in [0.25, 0.3) is 0 Å². The van der Waals surface area contributed by atoms with Crippen molar-refractivity contribution in [3.05, 3.63) is 74.6 Å². The van der Waals surface area contributed by atoms with Crippen molar-refractivity contribution < 1.29 is 38.0 Å². The summed E-state index contributed by atoms with van der Waals surface area (Å²) in [5.74, 6) is 0.559. The van der Waals surface area contributed by atoms with E-state index >= 15 is 0 Å². The lowest BCUT2D eigenvalue weighted by Crippen LogP contribution is -2.18. The van der Waals surface area contributed by atoms with Crippen LogP contribution in [-0.4, -0.2) is 43.6 Å². The predicted octanol–water partition coefficient (Wildman–Crippen LogP) is 8.34. The quantitative estimate of drug-likeness (QED) is 0.0841. The van der Waals surface area contributed by atoms with Crippen molar-refractivity contribution in [1.29, 1.82) is 0 Å². The fourth-order valence-corrected chi connectivity index (χ4v) is 6.11. The zero-order chi connectivity index (χ0) is 31.8. The van der Waals surface area contributed by atoms with Gasteiger partial charge in [0.2, 0.25) is 0 Å². The van der Waals surface area contributed by atoms with Crippen molar-refractivity contribution in [2.45, 2.75) is 72.1 Å². The van der Waals surface area contributed by atoms with Gasteiger partial charge >= 0.3 is 11.9 Å². The van der Waals surface area contributed by atoms with E-state index in [1.807, 2.05) is 20.8 Å². The molecule has 0 aliphatic heterocycles. The van der Waals surface area contributed by atoms with Gasteiger partial charge in [-0.2, -0.15) is 0 Å². The third-order valence-electron chi connectivity index (χ3n) is 7.77. The number of hydrogen-bond donors (Lipinski definition) is 1. The number of halogens is 1. The Morgan fingerprint density at radius 1 is 0.698 bits per heavy atom. The Hall–Kier alpha value is -3.72. The third-order valence-corrected chi connectivity index (χ3v) is 8.87. The number of carbonyl (C=O) groups excluding carboxylic acids is 1. The van der Waals surface area contributed by atoms with E-state index in [1.54, 1.807) is 44.7 Å². The molecule has 0 spiro atoms. The number of carbonyl (C=O) groups is 2. The molecule has 0 fully saturated rings. The van der Waals surface area contributed by atoms with E-state index in [9.17, 15) is 19.1 Å². The summed E-state index contributed by atoms with van der Waals surface area (Å²) in [6.45, 7) is 11.2. The van der Waals surface area contributed by atoms with Crippen LogP contribution in [0.2, 0.25) is 0 Å². The van der Waals surface area contributed by atoms with Crippen molar-refractivity contribution in [3.8, 4) is 23.0 Å². The molecule has 3 rings (SSSR count). The maximum Gasteiger partial charge on any atom is 0.344 e. The van der Waals surface area contributed by atoms with E-state index in [-0.39, 0.29) is 22.7 Å². The largest absolute Gasteiger partial charge is 0.496 e. The Bertz CT molecular complexity index is 1480. The van der Waals surface area contributed by atoms with Crippen LogP contribution < -0.4 is 18.9 Å². The Morgan fingerprint density at radius 3 is 1.88 bits per heavy atom. The topological polar surface area (TPSA) is 91.3 Å². The third kappa shape index (κ3) is 7.63. The SMILES string of the molecule is COc1c(C)c(OCCCCCCSc2ccc(F)cc2)c(C)c(C)c1OC(=O)c1c(C)c(C)c(C(=O)O)c(OC)c1C. The molecule has 1 N–H and O–H groups in total. The summed E-state index contributed by atoms with van der Waals surface area (Å²) in [4.78, 5) is 26.5. The summed E-state index contributed by atoms with van der Waals surface area (Å²) in [6, 6.07) is 6.58. The van der Waals surface area contributed by atoms with E-state index in [1.165, 1.54) is 26.4 Å². The van der Waals surface area contributed by atoms with Crippen molar-refractivity contribution in [3.63, 3.8) is 0 Å². The number of rotatable bonds is 14. The van der Waals surface area contributed by atoms with E-state index in [2.05, 4.69) is 0 Å². The van der Waals surface area contributed by atoms with Crippen LogP contribution >= 0.6 is 11.8 Å². The van der Waals surface area contributed by atoms with Crippen LogP contribution in [-0.2, 0) is 0 Å². The predicted molar refractivity (Wildman–Crippen MR) is 167 cm³/mol. The number of ether oxygens (including phenoxy) is 4. The Balaban J connectivity index is 1.69. The molecule has 0 amide bonds. The molecule has 232 valence electrons. The van der Waals surface area contributed by atoms with Gasteiger partial charge in [-0.05, 0) is 101 Å². The van der Waals surface area contributed by atoms with Crippen molar-refractivity contribution >= 4 is 23.7 Å². The minimum atomic E-state index is -1.12. The van der Waals surface area contributed by atoms with Crippen LogP contribution in [0.15, 0.2) is 29.2 Å². The maximum absolute atomic E-state index is 13.6. The van der Waals surface area contributed by atoms with E-state index in [0.717, 1.165) is 47.5 Å². The number of unbranched alkanes of at least 4 members (excludes halogenated alkanes) is 3. The van der Waals surface area contributed by atoms with Gasteiger partial charge < -0.3 is 24.1 Å². The Labute approximate surface area is 257 Å². The molecule has 0 radical (unpaired) electrons. The number of hydrogen-bond acceptors (Lipinski definition) is 7. The standard InChI is InChI=1S/C34H41FO7S/c1-19-20(2)28(33(36)37)30(39-7)23(5)27(19)34(38)42-32-22(4)21(3)29(24(6)31(32)40-8)41-17-11-9-10-12-18-43-26-15-13-25(35)14-16-26/h13-16H,9-12,17-18H2,1-8H3,(H,36,37).